The van der Waals surface area contributed by atoms with Crippen LogP contribution in [0.25, 0.3) is 0 Å². The van der Waals surface area contributed by atoms with Crippen molar-refractivity contribution in [3.63, 3.8) is 0 Å². The monoisotopic (exact) mass is 393 g/mol. The summed E-state index contributed by atoms with van der Waals surface area (Å²) in [5.74, 6) is 0.186. The highest BCUT2D eigenvalue weighted by Crippen LogP contribution is 2.27. The standard InChI is InChI=1S/C24H31N3O2/c1-4-18-10-12-19(13-11-18)17(2)26-23(28)21-8-5-7-20(15-21)22-9-6-14-27(16-22)24(29)25-3/h5,7-8,10-13,15,17,22H,4,6,9,14,16H2,1-3H3,(H,25,29)(H,26,28)/t17-,22-/m1/s1. The van der Waals surface area contributed by atoms with Crippen LogP contribution in [0.5, 0.6) is 0 Å². The predicted octanol–water partition coefficient (Wildman–Crippen LogP) is 4.26. The van der Waals surface area contributed by atoms with Crippen LogP contribution in [0.1, 0.15) is 65.7 Å². The molecule has 5 nitrogen and oxygen atoms in total. The number of aryl methyl sites for hydroxylation is 1. The number of rotatable bonds is 5. The zero-order chi connectivity index (χ0) is 20.8. The van der Waals surface area contributed by atoms with Crippen LogP contribution in [0, 0.1) is 0 Å². The van der Waals surface area contributed by atoms with Crippen molar-refractivity contribution in [1.82, 2.24) is 15.5 Å². The topological polar surface area (TPSA) is 61.4 Å². The quantitative estimate of drug-likeness (QED) is 0.797. The van der Waals surface area contributed by atoms with Crippen molar-refractivity contribution >= 4 is 11.9 Å². The molecule has 0 saturated carbocycles. The summed E-state index contributed by atoms with van der Waals surface area (Å²) < 4.78 is 0. The number of likely N-dealkylation sites (tertiary alicyclic amines) is 1. The number of amides is 3. The number of carbonyl (C=O) groups excluding carboxylic acids is 2. The minimum absolute atomic E-state index is 0.0356. The summed E-state index contributed by atoms with van der Waals surface area (Å²) in [5.41, 5.74) is 4.17. The Morgan fingerprint density at radius 1 is 1.17 bits per heavy atom. The average Bonchev–Trinajstić information content (AvgIpc) is 2.78. The zero-order valence-electron chi connectivity index (χ0n) is 17.6. The van der Waals surface area contributed by atoms with Crippen LogP contribution in [-0.2, 0) is 6.42 Å². The molecule has 0 bridgehead atoms. The van der Waals surface area contributed by atoms with Crippen LogP contribution in [0.3, 0.4) is 0 Å². The molecule has 1 aliphatic rings. The third-order valence-corrected chi connectivity index (χ3v) is 5.78. The normalized spacial score (nSPS) is 17.5. The second-order valence-electron chi connectivity index (χ2n) is 7.76. The van der Waals surface area contributed by atoms with Crippen LogP contribution in [-0.4, -0.2) is 37.0 Å². The van der Waals surface area contributed by atoms with E-state index in [0.717, 1.165) is 36.9 Å². The SMILES string of the molecule is CCc1ccc([C@@H](C)NC(=O)c2cccc([C@@H]3CCCN(C(=O)NC)C3)c2)cc1. The van der Waals surface area contributed by atoms with Gasteiger partial charge in [-0.15, -0.1) is 0 Å². The second kappa shape index (κ2) is 9.59. The van der Waals surface area contributed by atoms with Crippen LogP contribution < -0.4 is 10.6 Å². The van der Waals surface area contributed by atoms with Gasteiger partial charge in [0.15, 0.2) is 0 Å². The van der Waals surface area contributed by atoms with Crippen molar-refractivity contribution in [3.05, 3.63) is 70.8 Å². The summed E-state index contributed by atoms with van der Waals surface area (Å²) in [6.45, 7) is 5.61. The van der Waals surface area contributed by atoms with Crippen molar-refractivity contribution in [2.45, 2.75) is 45.1 Å². The van der Waals surface area contributed by atoms with E-state index in [2.05, 4.69) is 47.9 Å². The minimum Gasteiger partial charge on any atom is -0.346 e. The molecule has 5 heteroatoms. The summed E-state index contributed by atoms with van der Waals surface area (Å²) >= 11 is 0. The second-order valence-corrected chi connectivity index (χ2v) is 7.76. The van der Waals surface area contributed by atoms with Crippen molar-refractivity contribution < 1.29 is 9.59 Å². The van der Waals surface area contributed by atoms with E-state index < -0.39 is 0 Å². The fourth-order valence-electron chi connectivity index (χ4n) is 3.93. The van der Waals surface area contributed by atoms with Gasteiger partial charge in [0.1, 0.15) is 0 Å². The molecule has 1 heterocycles. The molecule has 3 amide bonds. The average molecular weight is 394 g/mol. The van der Waals surface area contributed by atoms with Crippen molar-refractivity contribution in [2.75, 3.05) is 20.1 Å². The lowest BCUT2D eigenvalue weighted by Crippen LogP contribution is -2.43. The summed E-state index contributed by atoms with van der Waals surface area (Å²) in [4.78, 5) is 26.6. The molecule has 0 unspecified atom stereocenters. The maximum Gasteiger partial charge on any atom is 0.317 e. The van der Waals surface area contributed by atoms with E-state index in [4.69, 9.17) is 0 Å². The van der Waals surface area contributed by atoms with Crippen LogP contribution in [0.15, 0.2) is 48.5 Å². The molecular formula is C24H31N3O2. The summed E-state index contributed by atoms with van der Waals surface area (Å²) in [6.07, 6.45) is 3.00. The van der Waals surface area contributed by atoms with Gasteiger partial charge in [-0.1, -0.05) is 43.3 Å². The first-order chi connectivity index (χ1) is 14.0. The third-order valence-electron chi connectivity index (χ3n) is 5.78. The van der Waals surface area contributed by atoms with E-state index in [1.807, 2.05) is 30.0 Å². The van der Waals surface area contributed by atoms with Gasteiger partial charge in [-0.05, 0) is 55.0 Å². The molecule has 2 aromatic rings. The molecule has 154 valence electrons. The van der Waals surface area contributed by atoms with Gasteiger partial charge in [-0.3, -0.25) is 4.79 Å². The van der Waals surface area contributed by atoms with E-state index in [1.54, 1.807) is 7.05 Å². The number of nitrogens with zero attached hydrogens (tertiary/aromatic N) is 1. The molecule has 29 heavy (non-hydrogen) atoms. The number of hydrogen-bond donors (Lipinski definition) is 2. The maximum atomic E-state index is 12.8. The van der Waals surface area contributed by atoms with Gasteiger partial charge in [0.25, 0.3) is 5.91 Å². The Labute approximate surface area is 173 Å². The van der Waals surface area contributed by atoms with E-state index in [-0.39, 0.29) is 23.9 Å². The van der Waals surface area contributed by atoms with Gasteiger partial charge >= 0.3 is 6.03 Å². The Bertz CT molecular complexity index is 847. The minimum atomic E-state index is -0.0714. The highest BCUT2D eigenvalue weighted by Gasteiger charge is 2.24. The Morgan fingerprint density at radius 3 is 2.62 bits per heavy atom. The molecule has 0 aromatic heterocycles. The van der Waals surface area contributed by atoms with Crippen LogP contribution in [0.2, 0.25) is 0 Å². The fraction of sp³-hybridized carbons (Fsp3) is 0.417. The highest BCUT2D eigenvalue weighted by atomic mass is 16.2. The Morgan fingerprint density at radius 2 is 1.93 bits per heavy atom. The molecule has 0 spiro atoms. The van der Waals surface area contributed by atoms with E-state index in [9.17, 15) is 9.59 Å². The molecule has 1 fully saturated rings. The van der Waals surface area contributed by atoms with Gasteiger partial charge in [0.2, 0.25) is 0 Å². The lowest BCUT2D eigenvalue weighted by atomic mass is 9.89. The highest BCUT2D eigenvalue weighted by molar-refractivity contribution is 5.94. The first-order valence-electron chi connectivity index (χ1n) is 10.5. The predicted molar refractivity (Wildman–Crippen MR) is 116 cm³/mol. The lowest BCUT2D eigenvalue weighted by molar-refractivity contribution is 0.0939. The largest absolute Gasteiger partial charge is 0.346 e. The molecule has 0 aliphatic carbocycles. The smallest absolute Gasteiger partial charge is 0.317 e. The molecule has 1 saturated heterocycles. The van der Waals surface area contributed by atoms with Crippen molar-refractivity contribution in [2.24, 2.45) is 0 Å². The first-order valence-corrected chi connectivity index (χ1v) is 10.5. The zero-order valence-corrected chi connectivity index (χ0v) is 17.6. The number of hydrogen-bond acceptors (Lipinski definition) is 2. The number of benzene rings is 2. The molecule has 1 aliphatic heterocycles. The third kappa shape index (κ3) is 5.17. The van der Waals surface area contributed by atoms with Gasteiger partial charge < -0.3 is 15.5 Å². The molecule has 2 aromatic carbocycles. The molecular weight excluding hydrogens is 362 g/mol. The van der Waals surface area contributed by atoms with Crippen molar-refractivity contribution in [3.8, 4) is 0 Å². The van der Waals surface area contributed by atoms with E-state index in [1.165, 1.54) is 5.56 Å². The Balaban J connectivity index is 1.68. The molecule has 3 rings (SSSR count). The van der Waals surface area contributed by atoms with Gasteiger partial charge in [-0.25, -0.2) is 4.79 Å². The summed E-state index contributed by atoms with van der Waals surface area (Å²) in [6, 6.07) is 16.1. The maximum absolute atomic E-state index is 12.8. The van der Waals surface area contributed by atoms with Gasteiger partial charge in [-0.2, -0.15) is 0 Å². The fourth-order valence-corrected chi connectivity index (χ4v) is 3.93. The van der Waals surface area contributed by atoms with E-state index >= 15 is 0 Å². The van der Waals surface area contributed by atoms with Crippen LogP contribution >= 0.6 is 0 Å². The number of urea groups is 1. The number of piperidine rings is 1. The molecule has 0 radical (unpaired) electrons. The van der Waals surface area contributed by atoms with Gasteiger partial charge in [0.05, 0.1) is 6.04 Å². The lowest BCUT2D eigenvalue weighted by Gasteiger charge is -2.32. The summed E-state index contributed by atoms with van der Waals surface area (Å²) in [7, 11) is 1.66. The number of nitrogens with one attached hydrogen (secondary N) is 2. The van der Waals surface area contributed by atoms with Gasteiger partial charge in [0, 0.05) is 31.6 Å². The molecule has 2 atom stereocenters. The Kier molecular flexibility index (Phi) is 6.91. The van der Waals surface area contributed by atoms with Crippen molar-refractivity contribution in [1.29, 1.82) is 0 Å². The van der Waals surface area contributed by atoms with E-state index in [0.29, 0.717) is 12.1 Å². The van der Waals surface area contributed by atoms with Crippen LogP contribution in [0.4, 0.5) is 4.79 Å². The first kappa shape index (κ1) is 20.9. The summed E-state index contributed by atoms with van der Waals surface area (Å²) in [5, 5.41) is 5.81. The Hall–Kier alpha value is -2.82. The number of carbonyl (C=O) groups is 2. The molecule has 2 N–H and O–H groups in total.